The van der Waals surface area contributed by atoms with Gasteiger partial charge in [0, 0.05) is 37.6 Å². The third-order valence-corrected chi connectivity index (χ3v) is 5.27. The molecule has 1 aromatic rings. The van der Waals surface area contributed by atoms with E-state index in [-0.39, 0.29) is 0 Å². The first-order valence-corrected chi connectivity index (χ1v) is 9.06. The first kappa shape index (κ1) is 15.8. The van der Waals surface area contributed by atoms with Crippen molar-refractivity contribution in [2.24, 2.45) is 16.6 Å². The normalized spacial score (nSPS) is 24.6. The van der Waals surface area contributed by atoms with Gasteiger partial charge in [0.1, 0.15) is 0 Å². The molecule has 2 aliphatic heterocycles. The quantitative estimate of drug-likeness (QED) is 0.676. The molecule has 0 bridgehead atoms. The van der Waals surface area contributed by atoms with Gasteiger partial charge in [-0.25, -0.2) is 0 Å². The lowest BCUT2D eigenvalue weighted by Crippen LogP contribution is -2.45. The van der Waals surface area contributed by atoms with Crippen LogP contribution in [0.5, 0.6) is 0 Å². The van der Waals surface area contributed by atoms with Crippen molar-refractivity contribution in [2.45, 2.75) is 19.4 Å². The van der Waals surface area contributed by atoms with Crippen molar-refractivity contribution in [1.29, 1.82) is 0 Å². The average Bonchev–Trinajstić information content (AvgIpc) is 3.07. The number of ether oxygens (including phenoxy) is 1. The van der Waals surface area contributed by atoms with Crippen LogP contribution in [-0.4, -0.2) is 61.7 Å². The van der Waals surface area contributed by atoms with Gasteiger partial charge < -0.3 is 15.4 Å². The molecule has 22 heavy (non-hydrogen) atoms. The summed E-state index contributed by atoms with van der Waals surface area (Å²) in [6.07, 6.45) is 2.53. The molecule has 3 rings (SSSR count). The number of nitrogens with two attached hydrogens (primary N) is 1. The van der Waals surface area contributed by atoms with Crippen LogP contribution in [0, 0.1) is 5.92 Å². The maximum absolute atomic E-state index is 6.12. The summed E-state index contributed by atoms with van der Waals surface area (Å²) in [5.74, 6) is 1.33. The van der Waals surface area contributed by atoms with Crippen molar-refractivity contribution in [3.05, 3.63) is 22.4 Å². The van der Waals surface area contributed by atoms with Gasteiger partial charge in [0.15, 0.2) is 5.96 Å². The minimum Gasteiger partial charge on any atom is -0.378 e. The highest BCUT2D eigenvalue weighted by molar-refractivity contribution is 7.09. The minimum atomic E-state index is 0.633. The summed E-state index contributed by atoms with van der Waals surface area (Å²) < 4.78 is 5.35. The van der Waals surface area contributed by atoms with E-state index in [0.29, 0.717) is 11.9 Å². The Kier molecular flexibility index (Phi) is 5.70. The lowest BCUT2D eigenvalue weighted by atomic mass is 9.98. The first-order chi connectivity index (χ1) is 10.8. The molecule has 3 heterocycles. The molecule has 0 saturated carbocycles. The molecule has 6 heteroatoms. The van der Waals surface area contributed by atoms with Gasteiger partial charge in [0.25, 0.3) is 0 Å². The zero-order chi connectivity index (χ0) is 15.2. The summed E-state index contributed by atoms with van der Waals surface area (Å²) in [6.45, 7) is 7.52. The van der Waals surface area contributed by atoms with E-state index in [2.05, 4.69) is 32.3 Å². The topological polar surface area (TPSA) is 54.1 Å². The Morgan fingerprint density at radius 1 is 1.36 bits per heavy atom. The number of thiophene rings is 1. The van der Waals surface area contributed by atoms with E-state index in [1.165, 1.54) is 24.3 Å². The molecular weight excluding hydrogens is 296 g/mol. The summed E-state index contributed by atoms with van der Waals surface area (Å²) in [7, 11) is 0. The molecule has 0 amide bonds. The molecule has 0 spiro atoms. The molecule has 0 aliphatic carbocycles. The molecule has 0 aromatic carbocycles. The van der Waals surface area contributed by atoms with Crippen LogP contribution in [0.4, 0.5) is 0 Å². The highest BCUT2D eigenvalue weighted by Gasteiger charge is 2.20. The van der Waals surface area contributed by atoms with E-state index in [9.17, 15) is 0 Å². The molecule has 0 unspecified atom stereocenters. The molecule has 2 saturated heterocycles. The van der Waals surface area contributed by atoms with Crippen molar-refractivity contribution < 1.29 is 4.74 Å². The van der Waals surface area contributed by atoms with Crippen molar-refractivity contribution in [1.82, 2.24) is 9.80 Å². The van der Waals surface area contributed by atoms with Crippen LogP contribution in [0.25, 0.3) is 0 Å². The predicted octanol–water partition coefficient (Wildman–Crippen LogP) is 1.61. The highest BCUT2D eigenvalue weighted by atomic mass is 32.1. The minimum absolute atomic E-state index is 0.633. The Balaban J connectivity index is 1.47. The fourth-order valence-electron chi connectivity index (χ4n) is 3.18. The molecular formula is C16H26N4OS. The summed E-state index contributed by atoms with van der Waals surface area (Å²) in [5, 5.41) is 2.16. The molecule has 5 nitrogen and oxygen atoms in total. The molecule has 2 fully saturated rings. The van der Waals surface area contributed by atoms with E-state index in [0.717, 1.165) is 45.9 Å². The molecule has 122 valence electrons. The average molecular weight is 322 g/mol. The monoisotopic (exact) mass is 322 g/mol. The smallest absolute Gasteiger partial charge is 0.191 e. The van der Waals surface area contributed by atoms with Crippen molar-refractivity contribution in [3.63, 3.8) is 0 Å². The summed E-state index contributed by atoms with van der Waals surface area (Å²) >= 11 is 1.85. The first-order valence-electron chi connectivity index (χ1n) is 8.18. The number of hydrogen-bond donors (Lipinski definition) is 1. The van der Waals surface area contributed by atoms with Crippen molar-refractivity contribution >= 4 is 17.3 Å². The van der Waals surface area contributed by atoms with E-state index >= 15 is 0 Å². The molecule has 2 N–H and O–H groups in total. The number of likely N-dealkylation sites (tertiary alicyclic amines) is 1. The third kappa shape index (κ3) is 4.44. The Morgan fingerprint density at radius 3 is 3.00 bits per heavy atom. The molecule has 2 aliphatic rings. The fourth-order valence-corrected chi connectivity index (χ4v) is 3.93. The summed E-state index contributed by atoms with van der Waals surface area (Å²) in [4.78, 5) is 10.8. The number of guanidine groups is 1. The number of hydrogen-bond acceptors (Lipinski definition) is 4. The van der Waals surface area contributed by atoms with Gasteiger partial charge in [0.2, 0.25) is 0 Å². The van der Waals surface area contributed by atoms with Crippen molar-refractivity contribution in [3.8, 4) is 0 Å². The Morgan fingerprint density at radius 2 is 2.23 bits per heavy atom. The van der Waals surface area contributed by atoms with E-state index < -0.39 is 0 Å². The van der Waals surface area contributed by atoms with Crippen LogP contribution in [0.3, 0.4) is 0 Å². The molecule has 0 radical (unpaired) electrons. The Hall–Kier alpha value is -1.11. The van der Waals surface area contributed by atoms with Gasteiger partial charge in [-0.2, -0.15) is 0 Å². The second kappa shape index (κ2) is 7.94. The van der Waals surface area contributed by atoms with Crippen LogP contribution in [0.2, 0.25) is 0 Å². The maximum Gasteiger partial charge on any atom is 0.191 e. The lowest BCUT2D eigenvalue weighted by Gasteiger charge is -2.32. The lowest BCUT2D eigenvalue weighted by molar-refractivity contribution is 0.0673. The second-order valence-corrected chi connectivity index (χ2v) is 7.15. The molecule has 1 aromatic heterocycles. The summed E-state index contributed by atoms with van der Waals surface area (Å²) in [6, 6.07) is 4.36. The van der Waals surface area contributed by atoms with Gasteiger partial charge in [-0.1, -0.05) is 6.07 Å². The molecule has 1 atom stereocenters. The number of morpholine rings is 1. The second-order valence-electron chi connectivity index (χ2n) is 6.12. The van der Waals surface area contributed by atoms with E-state index in [1.54, 1.807) is 0 Å². The highest BCUT2D eigenvalue weighted by Crippen LogP contribution is 2.20. The van der Waals surface area contributed by atoms with Gasteiger partial charge in [-0.3, -0.25) is 9.89 Å². The van der Waals surface area contributed by atoms with E-state index in [4.69, 9.17) is 10.5 Å². The number of nitrogens with zero attached hydrogens (tertiary/aromatic N) is 3. The maximum atomic E-state index is 6.12. The van der Waals surface area contributed by atoms with Gasteiger partial charge in [-0.05, 0) is 36.8 Å². The fraction of sp³-hybridized carbons (Fsp3) is 0.688. The third-order valence-electron chi connectivity index (χ3n) is 4.41. The SMILES string of the molecule is NC(=NC[C@H]1CCCN(Cc2cccs2)C1)N1CCOCC1. The van der Waals surface area contributed by atoms with Gasteiger partial charge in [-0.15, -0.1) is 11.3 Å². The van der Waals surface area contributed by atoms with Crippen LogP contribution >= 0.6 is 11.3 Å². The zero-order valence-electron chi connectivity index (χ0n) is 13.1. The zero-order valence-corrected chi connectivity index (χ0v) is 13.9. The number of aliphatic imine (C=N–C) groups is 1. The van der Waals surface area contributed by atoms with Gasteiger partial charge >= 0.3 is 0 Å². The number of piperidine rings is 1. The largest absolute Gasteiger partial charge is 0.378 e. The van der Waals surface area contributed by atoms with Crippen LogP contribution in [-0.2, 0) is 11.3 Å². The Bertz CT molecular complexity index is 471. The standard InChI is InChI=1S/C16H26N4OS/c17-16(20-6-8-21-9-7-20)18-11-14-3-1-5-19(12-14)13-15-4-2-10-22-15/h2,4,10,14H,1,3,5-9,11-13H2,(H2,17,18)/t14-/m1/s1. The van der Waals surface area contributed by atoms with Crippen molar-refractivity contribution in [2.75, 3.05) is 45.9 Å². The predicted molar refractivity (Wildman–Crippen MR) is 91.2 cm³/mol. The summed E-state index contributed by atoms with van der Waals surface area (Å²) in [5.41, 5.74) is 6.12. The van der Waals surface area contributed by atoms with E-state index in [1.807, 2.05) is 11.3 Å². The Labute approximate surface area is 136 Å². The van der Waals surface area contributed by atoms with Crippen LogP contribution in [0.1, 0.15) is 17.7 Å². The van der Waals surface area contributed by atoms with Crippen LogP contribution in [0.15, 0.2) is 22.5 Å². The number of rotatable bonds is 4. The van der Waals surface area contributed by atoms with Crippen LogP contribution < -0.4 is 5.73 Å². The van der Waals surface area contributed by atoms with Gasteiger partial charge in [0.05, 0.1) is 13.2 Å².